The van der Waals surface area contributed by atoms with Gasteiger partial charge in [0.05, 0.1) is 0 Å². The molecule has 0 bridgehead atoms. The largest absolute Gasteiger partial charge is 0.292 e. The number of benzene rings is 4. The summed E-state index contributed by atoms with van der Waals surface area (Å²) in [5.74, 6) is -3.47. The van der Waals surface area contributed by atoms with Crippen molar-refractivity contribution < 1.29 is 34.4 Å². The van der Waals surface area contributed by atoms with Crippen LogP contribution in [0.4, 0.5) is 27.8 Å². The average Bonchev–Trinajstić information content (AvgIpc) is 3.93. The summed E-state index contributed by atoms with van der Waals surface area (Å²) in [6, 6.07) is 22.0. The zero-order chi connectivity index (χ0) is 42.9. The maximum atomic E-state index is 15.6. The number of aromatic nitrogens is 4. The molecule has 2 N–H and O–H groups in total. The molecule has 0 radical (unpaired) electrons. The molecule has 2 aromatic heterocycles. The number of anilines is 2. The van der Waals surface area contributed by atoms with E-state index in [4.69, 9.17) is 0 Å². The van der Waals surface area contributed by atoms with Crippen LogP contribution in [-0.2, 0) is 33.1 Å². The second kappa shape index (κ2) is 17.9. The summed E-state index contributed by atoms with van der Waals surface area (Å²) in [6.07, 6.45) is 3.76. The minimum Gasteiger partial charge on any atom is -0.292 e. The van der Waals surface area contributed by atoms with Crippen LogP contribution in [0.5, 0.6) is 0 Å². The highest BCUT2D eigenvalue weighted by molar-refractivity contribution is 7.93. The van der Waals surface area contributed by atoms with Gasteiger partial charge in [-0.15, -0.1) is 0 Å². The van der Waals surface area contributed by atoms with Crippen molar-refractivity contribution in [3.63, 3.8) is 0 Å². The van der Waals surface area contributed by atoms with Gasteiger partial charge < -0.3 is 0 Å². The van der Waals surface area contributed by atoms with Gasteiger partial charge >= 0.3 is 0 Å². The van der Waals surface area contributed by atoms with Gasteiger partial charge in [0.1, 0.15) is 45.2 Å². The van der Waals surface area contributed by atoms with Gasteiger partial charge in [-0.25, -0.2) is 44.4 Å². The first-order valence-electron chi connectivity index (χ1n) is 19.4. The SMILES string of the molecule is C[C@H]1CCN(Cc2cc(F)c(S(=O)(=O)Nc3nc(C4CCN(Cc5cc(F)c(S(=O)(=O)Nc6ncns6)cc5F)[C@@H](c5ccccc5)C4)ns3)cc2F)[C@@H](c2ccccc2)C1. The molecule has 12 nitrogen and oxygen atoms in total. The molecule has 2 aliphatic rings. The molecule has 6 aromatic rings. The van der Waals surface area contributed by atoms with Crippen LogP contribution in [0.2, 0.25) is 0 Å². The Morgan fingerprint density at radius 3 is 1.74 bits per heavy atom. The summed E-state index contributed by atoms with van der Waals surface area (Å²) in [7, 11) is -9.11. The van der Waals surface area contributed by atoms with Crippen molar-refractivity contribution in [3.05, 3.63) is 143 Å². The summed E-state index contributed by atoms with van der Waals surface area (Å²) in [5, 5.41) is -0.222. The van der Waals surface area contributed by atoms with Crippen LogP contribution in [0.3, 0.4) is 0 Å². The molecule has 0 amide bonds. The molecular weight excluding hydrogens is 873 g/mol. The van der Waals surface area contributed by atoms with Crippen LogP contribution in [0.1, 0.15) is 78.7 Å². The van der Waals surface area contributed by atoms with Gasteiger partial charge in [0.15, 0.2) is 0 Å². The van der Waals surface area contributed by atoms with Crippen molar-refractivity contribution in [2.75, 3.05) is 22.5 Å². The van der Waals surface area contributed by atoms with Crippen molar-refractivity contribution >= 4 is 53.4 Å². The molecule has 4 atom stereocenters. The molecule has 0 spiro atoms. The van der Waals surface area contributed by atoms with E-state index in [1.807, 2.05) is 65.6 Å². The first-order chi connectivity index (χ1) is 29.2. The highest BCUT2D eigenvalue weighted by Gasteiger charge is 2.35. The van der Waals surface area contributed by atoms with E-state index in [0.29, 0.717) is 49.8 Å². The highest BCUT2D eigenvalue weighted by atomic mass is 32.2. The van der Waals surface area contributed by atoms with Gasteiger partial charge in [0.25, 0.3) is 20.0 Å². The Morgan fingerprint density at radius 2 is 1.20 bits per heavy atom. The Bertz CT molecular complexity index is 2710. The predicted octanol–water partition coefficient (Wildman–Crippen LogP) is 8.64. The molecule has 20 heteroatoms. The fraction of sp³-hybridized carbons (Fsp3) is 0.317. The molecule has 320 valence electrons. The predicted molar refractivity (Wildman–Crippen MR) is 224 cm³/mol. The number of sulfonamides is 2. The van der Waals surface area contributed by atoms with E-state index < -0.39 is 53.1 Å². The van der Waals surface area contributed by atoms with Crippen molar-refractivity contribution in [3.8, 4) is 0 Å². The summed E-state index contributed by atoms with van der Waals surface area (Å²) in [4.78, 5) is 10.5. The third kappa shape index (κ3) is 9.63. The number of hydrogen-bond donors (Lipinski definition) is 2. The summed E-state index contributed by atoms with van der Waals surface area (Å²) < 4.78 is 127. The van der Waals surface area contributed by atoms with Crippen molar-refractivity contribution in [1.29, 1.82) is 0 Å². The molecule has 0 saturated carbocycles. The molecule has 2 aliphatic heterocycles. The molecule has 2 saturated heterocycles. The molecule has 61 heavy (non-hydrogen) atoms. The maximum Gasteiger partial charge on any atom is 0.266 e. The van der Waals surface area contributed by atoms with E-state index >= 15 is 17.6 Å². The third-order valence-corrected chi connectivity index (χ3v) is 15.4. The fourth-order valence-corrected chi connectivity index (χ4v) is 11.8. The second-order valence-electron chi connectivity index (χ2n) is 15.3. The van der Waals surface area contributed by atoms with Crippen molar-refractivity contribution in [2.45, 2.75) is 73.5 Å². The quantitative estimate of drug-likeness (QED) is 0.108. The molecule has 1 unspecified atom stereocenters. The minimum atomic E-state index is -4.62. The third-order valence-electron chi connectivity index (χ3n) is 11.2. The summed E-state index contributed by atoms with van der Waals surface area (Å²) >= 11 is 1.51. The van der Waals surface area contributed by atoms with Crippen molar-refractivity contribution in [1.82, 2.24) is 28.5 Å². The Labute approximate surface area is 359 Å². The average molecular weight is 913 g/mol. The van der Waals surface area contributed by atoms with Crippen LogP contribution in [0.25, 0.3) is 0 Å². The Kier molecular flexibility index (Phi) is 12.5. The van der Waals surface area contributed by atoms with Crippen LogP contribution in [0.15, 0.2) is 101 Å². The normalized spacial score (nSPS) is 20.4. The maximum absolute atomic E-state index is 15.6. The van der Waals surface area contributed by atoms with Gasteiger partial charge in [-0.2, -0.15) is 8.75 Å². The van der Waals surface area contributed by atoms with E-state index in [9.17, 15) is 16.8 Å². The second-order valence-corrected chi connectivity index (χ2v) is 20.1. The van der Waals surface area contributed by atoms with E-state index in [0.717, 1.165) is 65.5 Å². The van der Waals surface area contributed by atoms with Crippen LogP contribution >= 0.6 is 23.1 Å². The number of halogens is 4. The molecule has 4 heterocycles. The molecule has 8 rings (SSSR count). The van der Waals surface area contributed by atoms with Crippen LogP contribution < -0.4 is 9.44 Å². The number of nitrogens with zero attached hydrogens (tertiary/aromatic N) is 6. The lowest BCUT2D eigenvalue weighted by Crippen LogP contribution is -2.36. The molecule has 0 aliphatic carbocycles. The zero-order valence-electron chi connectivity index (χ0n) is 32.6. The zero-order valence-corrected chi connectivity index (χ0v) is 35.9. The lowest BCUT2D eigenvalue weighted by Gasteiger charge is -2.39. The monoisotopic (exact) mass is 912 g/mol. The number of rotatable bonds is 13. The number of nitrogens with one attached hydrogen (secondary N) is 2. The molecular formula is C41H40F4N8O4S4. The van der Waals surface area contributed by atoms with Crippen molar-refractivity contribution in [2.24, 2.45) is 5.92 Å². The van der Waals surface area contributed by atoms with Gasteiger partial charge in [-0.05, 0) is 80.1 Å². The lowest BCUT2D eigenvalue weighted by atomic mass is 9.86. The van der Waals surface area contributed by atoms with E-state index in [1.54, 1.807) is 0 Å². The van der Waals surface area contributed by atoms with E-state index in [1.165, 1.54) is 0 Å². The summed E-state index contributed by atoms with van der Waals surface area (Å²) in [6.45, 7) is 3.27. The summed E-state index contributed by atoms with van der Waals surface area (Å²) in [5.41, 5.74) is 1.96. The molecule has 4 aromatic carbocycles. The first kappa shape index (κ1) is 42.8. The topological polar surface area (TPSA) is 150 Å². The number of likely N-dealkylation sites (tertiary alicyclic amines) is 2. The highest BCUT2D eigenvalue weighted by Crippen LogP contribution is 2.41. The fourth-order valence-electron chi connectivity index (χ4n) is 8.09. The Balaban J connectivity index is 0.961. The van der Waals surface area contributed by atoms with Gasteiger partial charge in [0.2, 0.25) is 10.3 Å². The van der Waals surface area contributed by atoms with Gasteiger partial charge in [0, 0.05) is 65.3 Å². The number of hydrogen-bond acceptors (Lipinski definition) is 12. The van der Waals surface area contributed by atoms with Gasteiger partial charge in [-0.1, -0.05) is 67.6 Å². The van der Waals surface area contributed by atoms with E-state index in [2.05, 4.69) is 40.0 Å². The standard InChI is InChI=1S/C41H40F4N8O4S4/c1-25-12-14-52(35(16-25)26-8-4-2-5-9-26)22-29-17-34(45)38(21-32(29)43)61(56,57)51-41-48-39(49-59-41)28-13-15-53(36(19-28)27-10-6-3-7-11-27)23-30-18-33(44)37(20-31(30)42)60(54,55)50-40-46-24-47-58-40/h2-11,17-18,20-21,24-25,28,35-36H,12-16,19,22-23H2,1H3,(H,46,47,50)(H,48,49,51)/t25-,28?,35+,36+/m0/s1. The lowest BCUT2D eigenvalue weighted by molar-refractivity contribution is 0.109. The van der Waals surface area contributed by atoms with Crippen LogP contribution in [0, 0.1) is 29.2 Å². The Hall–Kier alpha value is -4.86. The molecule has 2 fully saturated rings. The number of piperidine rings is 2. The first-order valence-corrected chi connectivity index (χ1v) is 23.9. The Morgan fingerprint density at radius 1 is 0.672 bits per heavy atom. The smallest absolute Gasteiger partial charge is 0.266 e. The minimum absolute atomic E-state index is 0.00820. The van der Waals surface area contributed by atoms with Crippen LogP contribution in [-0.4, -0.2) is 58.4 Å². The van der Waals surface area contributed by atoms with E-state index in [-0.39, 0.29) is 52.5 Å². The van der Waals surface area contributed by atoms with Gasteiger partial charge in [-0.3, -0.25) is 19.2 Å².